The number of sulfonamides is 1. The van der Waals surface area contributed by atoms with Crippen LogP contribution in [0.3, 0.4) is 0 Å². The van der Waals surface area contributed by atoms with E-state index in [9.17, 15) is 13.2 Å². The summed E-state index contributed by atoms with van der Waals surface area (Å²) in [6.45, 7) is 4.71. The van der Waals surface area contributed by atoms with Gasteiger partial charge in [0, 0.05) is 18.1 Å². The molecule has 1 atom stereocenters. The van der Waals surface area contributed by atoms with Crippen LogP contribution in [0.25, 0.3) is 0 Å². The first-order valence-electron chi connectivity index (χ1n) is 8.00. The molecule has 0 spiro atoms. The second-order valence-electron chi connectivity index (χ2n) is 5.43. The average molecular weight is 381 g/mol. The summed E-state index contributed by atoms with van der Waals surface area (Å²) in [5, 5.41) is 0.314. The number of rotatable bonds is 7. The Morgan fingerprint density at radius 2 is 1.72 bits per heavy atom. The molecule has 1 amide bonds. The van der Waals surface area contributed by atoms with E-state index in [0.717, 1.165) is 0 Å². The van der Waals surface area contributed by atoms with Crippen molar-refractivity contribution >= 4 is 27.5 Å². The van der Waals surface area contributed by atoms with Crippen molar-refractivity contribution in [3.05, 3.63) is 65.2 Å². The Morgan fingerprint density at radius 1 is 1.08 bits per heavy atom. The van der Waals surface area contributed by atoms with Gasteiger partial charge in [0.25, 0.3) is 0 Å². The van der Waals surface area contributed by atoms with Crippen molar-refractivity contribution in [1.29, 1.82) is 0 Å². The van der Waals surface area contributed by atoms with E-state index < -0.39 is 16.1 Å². The molecule has 0 aliphatic carbocycles. The summed E-state index contributed by atoms with van der Waals surface area (Å²) in [6, 6.07) is 13.8. The van der Waals surface area contributed by atoms with Gasteiger partial charge < -0.3 is 4.90 Å². The molecule has 5 nitrogen and oxygen atoms in total. The average Bonchev–Trinajstić information content (AvgIpc) is 2.61. The number of halogens is 1. The van der Waals surface area contributed by atoms with Gasteiger partial charge in [-0.05, 0) is 37.6 Å². The highest BCUT2D eigenvalue weighted by molar-refractivity contribution is 7.89. The fourth-order valence-electron chi connectivity index (χ4n) is 2.48. The molecule has 2 rings (SSSR count). The zero-order valence-electron chi connectivity index (χ0n) is 14.1. The molecule has 2 aromatic rings. The second kappa shape index (κ2) is 8.47. The first-order chi connectivity index (χ1) is 11.9. The molecular formula is C18H21ClN2O3S. The highest BCUT2D eigenvalue weighted by Gasteiger charge is 2.29. The van der Waals surface area contributed by atoms with Gasteiger partial charge in [0.05, 0.1) is 4.90 Å². The number of hydrogen-bond donors (Lipinski definition) is 1. The lowest BCUT2D eigenvalue weighted by Crippen LogP contribution is -2.42. The van der Waals surface area contributed by atoms with Crippen molar-refractivity contribution in [2.45, 2.75) is 24.8 Å². The van der Waals surface area contributed by atoms with Crippen molar-refractivity contribution in [3.8, 4) is 0 Å². The number of nitrogens with one attached hydrogen (secondary N) is 1. The summed E-state index contributed by atoms with van der Waals surface area (Å²) < 4.78 is 28.0. The Hall–Kier alpha value is -1.89. The van der Waals surface area contributed by atoms with Gasteiger partial charge in [-0.2, -0.15) is 4.72 Å². The third kappa shape index (κ3) is 4.81. The van der Waals surface area contributed by atoms with Crippen molar-refractivity contribution in [2.24, 2.45) is 0 Å². The molecule has 1 N–H and O–H groups in total. The van der Waals surface area contributed by atoms with Crippen LogP contribution in [0.5, 0.6) is 0 Å². The van der Waals surface area contributed by atoms with Crippen LogP contribution in [0.2, 0.25) is 5.02 Å². The van der Waals surface area contributed by atoms with E-state index in [2.05, 4.69) is 4.72 Å². The van der Waals surface area contributed by atoms with Gasteiger partial charge in [-0.25, -0.2) is 8.42 Å². The molecule has 0 saturated heterocycles. The van der Waals surface area contributed by atoms with Crippen LogP contribution in [0, 0.1) is 0 Å². The first-order valence-corrected chi connectivity index (χ1v) is 9.86. The van der Waals surface area contributed by atoms with Crippen LogP contribution in [0.1, 0.15) is 25.5 Å². The maximum absolute atomic E-state index is 12.9. The molecule has 0 aromatic heterocycles. The first kappa shape index (κ1) is 19.4. The lowest BCUT2D eigenvalue weighted by atomic mass is 10.1. The topological polar surface area (TPSA) is 66.5 Å². The van der Waals surface area contributed by atoms with Crippen LogP contribution in [-0.4, -0.2) is 32.3 Å². The highest BCUT2D eigenvalue weighted by Crippen LogP contribution is 2.21. The number of amides is 1. The lowest BCUT2D eigenvalue weighted by Gasteiger charge is -2.26. The lowest BCUT2D eigenvalue weighted by molar-refractivity contribution is -0.132. The van der Waals surface area contributed by atoms with E-state index in [-0.39, 0.29) is 10.8 Å². The van der Waals surface area contributed by atoms with Crippen molar-refractivity contribution < 1.29 is 13.2 Å². The van der Waals surface area contributed by atoms with E-state index in [4.69, 9.17) is 11.6 Å². The zero-order valence-corrected chi connectivity index (χ0v) is 15.7. The smallest absolute Gasteiger partial charge is 0.245 e. The highest BCUT2D eigenvalue weighted by atomic mass is 35.5. The van der Waals surface area contributed by atoms with E-state index in [1.807, 2.05) is 19.9 Å². The summed E-state index contributed by atoms with van der Waals surface area (Å²) >= 11 is 5.89. The molecule has 0 bridgehead atoms. The van der Waals surface area contributed by atoms with E-state index in [1.54, 1.807) is 41.3 Å². The van der Waals surface area contributed by atoms with Crippen molar-refractivity contribution in [1.82, 2.24) is 9.62 Å². The normalized spacial score (nSPS) is 12.6. The fourth-order valence-corrected chi connectivity index (χ4v) is 3.96. The molecule has 134 valence electrons. The maximum Gasteiger partial charge on any atom is 0.245 e. The third-order valence-corrected chi connectivity index (χ3v) is 5.49. The van der Waals surface area contributed by atoms with Gasteiger partial charge in [0.2, 0.25) is 15.9 Å². The van der Waals surface area contributed by atoms with Gasteiger partial charge in [0.1, 0.15) is 6.04 Å². The Morgan fingerprint density at radius 3 is 2.28 bits per heavy atom. The van der Waals surface area contributed by atoms with Crippen molar-refractivity contribution in [3.63, 3.8) is 0 Å². The summed E-state index contributed by atoms with van der Waals surface area (Å²) in [5.74, 6) is -0.290. The van der Waals surface area contributed by atoms with Gasteiger partial charge in [-0.1, -0.05) is 48.0 Å². The van der Waals surface area contributed by atoms with Gasteiger partial charge >= 0.3 is 0 Å². The monoisotopic (exact) mass is 380 g/mol. The van der Waals surface area contributed by atoms with Gasteiger partial charge in [0.15, 0.2) is 0 Å². The molecule has 0 aliphatic rings. The molecule has 0 radical (unpaired) electrons. The van der Waals surface area contributed by atoms with E-state index in [1.165, 1.54) is 12.1 Å². The fraction of sp³-hybridized carbons (Fsp3) is 0.278. The predicted octanol–water partition coefficient (Wildman–Crippen LogP) is 3.23. The molecule has 0 unspecified atom stereocenters. The van der Waals surface area contributed by atoms with Crippen LogP contribution in [-0.2, 0) is 14.8 Å². The van der Waals surface area contributed by atoms with Crippen molar-refractivity contribution in [2.75, 3.05) is 13.1 Å². The Balaban J connectivity index is 2.41. The zero-order chi connectivity index (χ0) is 18.4. The minimum Gasteiger partial charge on any atom is -0.342 e. The number of benzene rings is 2. The molecule has 0 fully saturated rings. The van der Waals surface area contributed by atoms with Crippen LogP contribution in [0.15, 0.2) is 59.5 Å². The summed E-state index contributed by atoms with van der Waals surface area (Å²) in [4.78, 5) is 14.5. The number of likely N-dealkylation sites (N-methyl/N-ethyl adjacent to an activating group) is 1. The van der Waals surface area contributed by atoms with Crippen LogP contribution >= 0.6 is 11.6 Å². The molecule has 7 heteroatoms. The predicted molar refractivity (Wildman–Crippen MR) is 98.9 cm³/mol. The number of hydrogen-bond acceptors (Lipinski definition) is 3. The molecule has 0 heterocycles. The Bertz CT molecular complexity index is 821. The Labute approximate surface area is 153 Å². The minimum atomic E-state index is -3.91. The van der Waals surface area contributed by atoms with E-state index >= 15 is 0 Å². The van der Waals surface area contributed by atoms with Crippen LogP contribution in [0.4, 0.5) is 0 Å². The summed E-state index contributed by atoms with van der Waals surface area (Å²) in [6.07, 6.45) is 0. The Kier molecular flexibility index (Phi) is 6.58. The second-order valence-corrected chi connectivity index (χ2v) is 7.58. The van der Waals surface area contributed by atoms with Gasteiger partial charge in [-0.15, -0.1) is 0 Å². The van der Waals surface area contributed by atoms with E-state index in [0.29, 0.717) is 23.7 Å². The number of carbonyl (C=O) groups excluding carboxylic acids is 1. The van der Waals surface area contributed by atoms with Crippen LogP contribution < -0.4 is 4.72 Å². The molecule has 0 saturated carbocycles. The maximum atomic E-state index is 12.9. The largest absolute Gasteiger partial charge is 0.342 e. The summed E-state index contributed by atoms with van der Waals surface area (Å²) in [5.41, 5.74) is 0.588. The quantitative estimate of drug-likeness (QED) is 0.801. The minimum absolute atomic E-state index is 0.0216. The molecule has 2 aromatic carbocycles. The summed E-state index contributed by atoms with van der Waals surface area (Å²) in [7, 11) is -3.91. The number of nitrogens with zero attached hydrogens (tertiary/aromatic N) is 1. The third-order valence-electron chi connectivity index (χ3n) is 3.83. The molecular weight excluding hydrogens is 360 g/mol. The molecule has 0 aliphatic heterocycles. The van der Waals surface area contributed by atoms with Gasteiger partial charge in [-0.3, -0.25) is 4.79 Å². The molecule has 25 heavy (non-hydrogen) atoms. The SMILES string of the molecule is CCN(CC)C(=O)[C@@H](NS(=O)(=O)c1cccc(Cl)c1)c1ccccc1. The number of carbonyl (C=O) groups is 1. The standard InChI is InChI=1S/C18H21ClN2O3S/c1-3-21(4-2)18(22)17(14-9-6-5-7-10-14)20-25(23,24)16-12-8-11-15(19)13-16/h5-13,17,20H,3-4H2,1-2H3/t17-/m0/s1.